The average Bonchev–Trinajstić information content (AvgIpc) is 3.61. The van der Waals surface area contributed by atoms with Gasteiger partial charge in [-0.3, -0.25) is 4.57 Å². The lowest BCUT2D eigenvalue weighted by atomic mass is 10.2. The highest BCUT2D eigenvalue weighted by Gasteiger charge is 2.18. The molecule has 0 bridgehead atoms. The van der Waals surface area contributed by atoms with Crippen molar-refractivity contribution in [2.24, 2.45) is 0 Å². The van der Waals surface area contributed by atoms with E-state index in [1.54, 1.807) is 11.3 Å². The zero-order valence-corrected chi connectivity index (χ0v) is 22.1. The first-order chi connectivity index (χ1) is 19.8. The molecule has 0 N–H and O–H groups in total. The van der Waals surface area contributed by atoms with E-state index in [0.29, 0.717) is 17.6 Å². The van der Waals surface area contributed by atoms with Crippen LogP contribution in [-0.2, 0) is 0 Å². The largest absolute Gasteiger partial charge is 0.278 e. The standard InChI is InChI=1S/C34H21N5S/c1-3-11-22(12-4-1)31-36-32(24-19-20-30-27(21-24)35-33(40-30)23-13-5-2-6-14-23)38-34(37-31)39-28-17-9-7-15-25(28)26-16-8-10-18-29(26)39/h1-21H. The lowest BCUT2D eigenvalue weighted by molar-refractivity contribution is 0.953. The summed E-state index contributed by atoms with van der Waals surface area (Å²) in [4.78, 5) is 20.0. The van der Waals surface area contributed by atoms with Gasteiger partial charge < -0.3 is 0 Å². The fourth-order valence-corrected chi connectivity index (χ4v) is 6.17. The van der Waals surface area contributed by atoms with Gasteiger partial charge in [-0.25, -0.2) is 9.97 Å². The Morgan fingerprint density at radius 2 is 1.05 bits per heavy atom. The molecule has 40 heavy (non-hydrogen) atoms. The van der Waals surface area contributed by atoms with Crippen molar-refractivity contribution in [1.29, 1.82) is 0 Å². The number of benzene rings is 5. The number of aromatic nitrogens is 5. The van der Waals surface area contributed by atoms with Crippen LogP contribution in [0.2, 0.25) is 0 Å². The van der Waals surface area contributed by atoms with Crippen molar-refractivity contribution in [1.82, 2.24) is 24.5 Å². The molecule has 0 saturated carbocycles. The molecule has 0 aliphatic rings. The molecule has 6 heteroatoms. The predicted molar refractivity (Wildman–Crippen MR) is 164 cm³/mol. The molecule has 3 aromatic heterocycles. The quantitative estimate of drug-likeness (QED) is 0.228. The van der Waals surface area contributed by atoms with E-state index in [4.69, 9.17) is 19.9 Å². The number of thiazole rings is 1. The molecule has 0 spiro atoms. The van der Waals surface area contributed by atoms with Gasteiger partial charge in [-0.05, 0) is 30.3 Å². The maximum Gasteiger partial charge on any atom is 0.238 e. The number of nitrogens with zero attached hydrogens (tertiary/aromatic N) is 5. The van der Waals surface area contributed by atoms with Crippen molar-refractivity contribution >= 4 is 43.4 Å². The zero-order valence-electron chi connectivity index (χ0n) is 21.3. The molecule has 0 aliphatic carbocycles. The van der Waals surface area contributed by atoms with Gasteiger partial charge >= 0.3 is 0 Å². The summed E-state index contributed by atoms with van der Waals surface area (Å²) >= 11 is 1.69. The van der Waals surface area contributed by atoms with Crippen molar-refractivity contribution in [3.8, 4) is 39.3 Å². The Bertz CT molecular complexity index is 2110. The van der Waals surface area contributed by atoms with Crippen molar-refractivity contribution in [3.05, 3.63) is 127 Å². The summed E-state index contributed by atoms with van der Waals surface area (Å²) in [6.45, 7) is 0. The number of rotatable bonds is 4. The highest BCUT2D eigenvalue weighted by Crippen LogP contribution is 2.34. The van der Waals surface area contributed by atoms with Crippen LogP contribution in [0.1, 0.15) is 0 Å². The van der Waals surface area contributed by atoms with Crippen LogP contribution in [-0.4, -0.2) is 24.5 Å². The Labute approximate surface area is 234 Å². The van der Waals surface area contributed by atoms with Crippen molar-refractivity contribution < 1.29 is 0 Å². The summed E-state index contributed by atoms with van der Waals surface area (Å²) in [6, 6.07) is 43.4. The van der Waals surface area contributed by atoms with Crippen LogP contribution in [0.25, 0.3) is 71.3 Å². The molecule has 0 saturated heterocycles. The molecule has 8 rings (SSSR count). The maximum absolute atomic E-state index is 5.06. The van der Waals surface area contributed by atoms with Crippen LogP contribution in [0.15, 0.2) is 127 Å². The monoisotopic (exact) mass is 531 g/mol. The normalized spacial score (nSPS) is 11.5. The third-order valence-electron chi connectivity index (χ3n) is 7.10. The van der Waals surface area contributed by atoms with Crippen molar-refractivity contribution in [3.63, 3.8) is 0 Å². The Morgan fingerprint density at radius 3 is 1.73 bits per heavy atom. The first-order valence-electron chi connectivity index (χ1n) is 13.1. The minimum Gasteiger partial charge on any atom is -0.278 e. The smallest absolute Gasteiger partial charge is 0.238 e. The van der Waals surface area contributed by atoms with E-state index in [9.17, 15) is 0 Å². The van der Waals surface area contributed by atoms with Crippen LogP contribution in [0.3, 0.4) is 0 Å². The van der Waals surface area contributed by atoms with E-state index in [2.05, 4.69) is 83.4 Å². The lowest BCUT2D eigenvalue weighted by Crippen LogP contribution is -2.06. The highest BCUT2D eigenvalue weighted by atomic mass is 32.1. The van der Waals surface area contributed by atoms with Gasteiger partial charge in [0.2, 0.25) is 5.95 Å². The van der Waals surface area contributed by atoms with Gasteiger partial charge in [0.15, 0.2) is 11.6 Å². The number of hydrogen-bond acceptors (Lipinski definition) is 5. The molecule has 0 fully saturated rings. The summed E-state index contributed by atoms with van der Waals surface area (Å²) in [6.07, 6.45) is 0. The zero-order chi connectivity index (χ0) is 26.5. The van der Waals surface area contributed by atoms with Gasteiger partial charge in [0.25, 0.3) is 0 Å². The number of para-hydroxylation sites is 2. The molecule has 0 radical (unpaired) electrons. The maximum atomic E-state index is 5.06. The van der Waals surface area contributed by atoms with Gasteiger partial charge in [-0.15, -0.1) is 11.3 Å². The molecule has 0 unspecified atom stereocenters. The second-order valence-corrected chi connectivity index (χ2v) is 10.6. The topological polar surface area (TPSA) is 56.5 Å². The molecule has 5 aromatic carbocycles. The van der Waals surface area contributed by atoms with E-state index in [1.807, 2.05) is 48.5 Å². The van der Waals surface area contributed by atoms with Crippen LogP contribution in [0.4, 0.5) is 0 Å². The molecule has 3 heterocycles. The van der Waals surface area contributed by atoms with E-state index in [1.165, 1.54) is 10.8 Å². The molecule has 0 aliphatic heterocycles. The van der Waals surface area contributed by atoms with Gasteiger partial charge in [0, 0.05) is 27.5 Å². The Kier molecular flexibility index (Phi) is 5.24. The highest BCUT2D eigenvalue weighted by molar-refractivity contribution is 7.21. The first-order valence-corrected chi connectivity index (χ1v) is 13.9. The van der Waals surface area contributed by atoms with Crippen LogP contribution in [0.5, 0.6) is 0 Å². The summed E-state index contributed by atoms with van der Waals surface area (Å²) < 4.78 is 3.26. The fourth-order valence-electron chi connectivity index (χ4n) is 5.22. The van der Waals surface area contributed by atoms with E-state index < -0.39 is 0 Å². The lowest BCUT2D eigenvalue weighted by Gasteiger charge is -2.10. The Morgan fingerprint density at radius 1 is 0.475 bits per heavy atom. The van der Waals surface area contributed by atoms with E-state index in [-0.39, 0.29) is 0 Å². The van der Waals surface area contributed by atoms with Gasteiger partial charge in [0.05, 0.1) is 21.3 Å². The van der Waals surface area contributed by atoms with E-state index >= 15 is 0 Å². The SMILES string of the molecule is c1ccc(-c2nc(-c3ccc4sc(-c5ccccc5)nc4c3)nc(-n3c4ccccc4c4ccccc43)n2)cc1. The fraction of sp³-hybridized carbons (Fsp3) is 0. The summed E-state index contributed by atoms with van der Waals surface area (Å²) in [5, 5.41) is 3.33. The Hall–Kier alpha value is -5.20. The molecule has 0 amide bonds. The second kappa shape index (κ2) is 9.22. The molecule has 5 nitrogen and oxygen atoms in total. The van der Waals surface area contributed by atoms with Crippen molar-refractivity contribution in [2.45, 2.75) is 0 Å². The average molecular weight is 532 g/mol. The minimum atomic E-state index is 0.588. The predicted octanol–water partition coefficient (Wildman–Crippen LogP) is 8.58. The molecular formula is C34H21N5S. The minimum absolute atomic E-state index is 0.588. The van der Waals surface area contributed by atoms with Crippen LogP contribution >= 0.6 is 11.3 Å². The first kappa shape index (κ1) is 22.8. The van der Waals surface area contributed by atoms with Crippen LogP contribution < -0.4 is 0 Å². The van der Waals surface area contributed by atoms with Crippen molar-refractivity contribution in [2.75, 3.05) is 0 Å². The third kappa shape index (κ3) is 3.77. The third-order valence-corrected chi connectivity index (χ3v) is 8.19. The van der Waals surface area contributed by atoms with Gasteiger partial charge in [0.1, 0.15) is 5.01 Å². The van der Waals surface area contributed by atoms with Crippen LogP contribution in [0, 0.1) is 0 Å². The number of hydrogen-bond donors (Lipinski definition) is 0. The molecule has 0 atom stereocenters. The molecule has 188 valence electrons. The van der Waals surface area contributed by atoms with Gasteiger partial charge in [-0.1, -0.05) is 97.1 Å². The summed E-state index contributed by atoms with van der Waals surface area (Å²) in [7, 11) is 0. The second-order valence-electron chi connectivity index (χ2n) is 9.59. The Balaban J connectivity index is 1.36. The van der Waals surface area contributed by atoms with E-state index in [0.717, 1.165) is 42.9 Å². The summed E-state index contributed by atoms with van der Waals surface area (Å²) in [5.74, 6) is 1.83. The number of fused-ring (bicyclic) bond motifs is 4. The molecule has 8 aromatic rings. The summed E-state index contributed by atoms with van der Waals surface area (Å²) in [5.41, 5.74) is 6.00. The molecular weight excluding hydrogens is 510 g/mol. The van der Waals surface area contributed by atoms with Gasteiger partial charge in [-0.2, -0.15) is 9.97 Å².